The highest BCUT2D eigenvalue weighted by atomic mass is 31.0. The van der Waals surface area contributed by atoms with Gasteiger partial charge in [0.05, 0.1) is 0 Å². The number of carbonyl (C=O) groups is 2. The van der Waals surface area contributed by atoms with Gasteiger partial charge in [-0.15, -0.1) is 9.24 Å². The van der Waals surface area contributed by atoms with Gasteiger partial charge in [0, 0.05) is 18.4 Å². The van der Waals surface area contributed by atoms with E-state index in [1.165, 1.54) is 12.2 Å². The Morgan fingerprint density at radius 2 is 1.78 bits per heavy atom. The van der Waals surface area contributed by atoms with Gasteiger partial charge in [0.2, 0.25) is 0 Å². The molecule has 1 heterocycles. The molecule has 48 valence electrons. The Hall–Kier alpha value is -0.690. The highest BCUT2D eigenvalue weighted by Gasteiger charge is 2.20. The van der Waals surface area contributed by atoms with Crippen molar-refractivity contribution in [2.45, 2.75) is 0 Å². The van der Waals surface area contributed by atoms with Crippen molar-refractivity contribution in [1.29, 1.82) is 0 Å². The third kappa shape index (κ3) is 1.01. The first kappa shape index (κ1) is 6.43. The normalized spacial score (nSPS) is 17.7. The molecule has 1 rings (SSSR count). The molecular formula is C5H6NO2P. The van der Waals surface area contributed by atoms with Crippen molar-refractivity contribution in [1.82, 2.24) is 4.90 Å². The number of nitrogens with zero attached hydrogens (tertiary/aromatic N) is 1. The van der Waals surface area contributed by atoms with Gasteiger partial charge in [-0.3, -0.25) is 14.5 Å². The van der Waals surface area contributed by atoms with E-state index in [4.69, 9.17) is 0 Å². The molecule has 0 saturated carbocycles. The third-order valence-corrected chi connectivity index (χ3v) is 1.45. The molecule has 0 bridgehead atoms. The first-order valence-corrected chi connectivity index (χ1v) is 3.31. The maximum atomic E-state index is 10.6. The van der Waals surface area contributed by atoms with Crippen LogP contribution in [0.1, 0.15) is 0 Å². The highest BCUT2D eigenvalue weighted by Crippen LogP contribution is 2.04. The van der Waals surface area contributed by atoms with Gasteiger partial charge in [-0.1, -0.05) is 0 Å². The van der Waals surface area contributed by atoms with E-state index in [1.54, 1.807) is 0 Å². The maximum absolute atomic E-state index is 10.6. The molecule has 1 aliphatic rings. The van der Waals surface area contributed by atoms with Crippen LogP contribution in [0.4, 0.5) is 0 Å². The van der Waals surface area contributed by atoms with Crippen molar-refractivity contribution in [2.24, 2.45) is 0 Å². The fraction of sp³-hybridized carbons (Fsp3) is 0.200. The lowest BCUT2D eigenvalue weighted by Gasteiger charge is -2.07. The molecular weight excluding hydrogens is 137 g/mol. The van der Waals surface area contributed by atoms with Crippen LogP contribution < -0.4 is 0 Å². The molecule has 0 radical (unpaired) electrons. The average molecular weight is 143 g/mol. The van der Waals surface area contributed by atoms with Crippen molar-refractivity contribution >= 4 is 21.1 Å². The Kier molecular flexibility index (Phi) is 1.63. The van der Waals surface area contributed by atoms with Crippen LogP contribution in [0.2, 0.25) is 0 Å². The number of rotatable bonds is 1. The van der Waals surface area contributed by atoms with E-state index in [0.717, 1.165) is 4.90 Å². The SMILES string of the molecule is O=C1C=CC(=O)N1CP. The lowest BCUT2D eigenvalue weighted by molar-refractivity contribution is -0.135. The molecule has 0 aromatic carbocycles. The summed E-state index contributed by atoms with van der Waals surface area (Å²) in [6.07, 6.45) is 2.92. The summed E-state index contributed by atoms with van der Waals surface area (Å²) >= 11 is 0. The minimum absolute atomic E-state index is 0.227. The third-order valence-electron chi connectivity index (χ3n) is 1.08. The zero-order valence-corrected chi connectivity index (χ0v) is 5.86. The van der Waals surface area contributed by atoms with Gasteiger partial charge in [0.25, 0.3) is 11.8 Å². The van der Waals surface area contributed by atoms with Crippen LogP contribution in [0.15, 0.2) is 12.2 Å². The Morgan fingerprint density at radius 3 is 2.00 bits per heavy atom. The Morgan fingerprint density at radius 1 is 1.33 bits per heavy atom. The molecule has 0 N–H and O–H groups in total. The van der Waals surface area contributed by atoms with Gasteiger partial charge < -0.3 is 0 Å². The summed E-state index contributed by atoms with van der Waals surface area (Å²) in [6.45, 7) is 0. The molecule has 0 aromatic heterocycles. The van der Waals surface area contributed by atoms with E-state index in [-0.39, 0.29) is 11.8 Å². The minimum atomic E-state index is -0.227. The average Bonchev–Trinajstić information content (AvgIpc) is 2.12. The van der Waals surface area contributed by atoms with Gasteiger partial charge in [0.1, 0.15) is 0 Å². The quantitative estimate of drug-likeness (QED) is 0.374. The Labute approximate surface area is 54.9 Å². The topological polar surface area (TPSA) is 37.4 Å². The van der Waals surface area contributed by atoms with Crippen LogP contribution in [-0.4, -0.2) is 23.0 Å². The summed E-state index contributed by atoms with van der Waals surface area (Å²) in [7, 11) is 2.32. The largest absolute Gasteiger partial charge is 0.272 e. The number of hydrogen-bond donors (Lipinski definition) is 0. The molecule has 9 heavy (non-hydrogen) atoms. The molecule has 2 amide bonds. The summed E-state index contributed by atoms with van der Waals surface area (Å²) in [5.41, 5.74) is 0. The van der Waals surface area contributed by atoms with Crippen LogP contribution >= 0.6 is 9.24 Å². The van der Waals surface area contributed by atoms with Crippen LogP contribution in [-0.2, 0) is 9.59 Å². The fourth-order valence-corrected chi connectivity index (χ4v) is 0.971. The van der Waals surface area contributed by atoms with Crippen molar-refractivity contribution in [3.8, 4) is 0 Å². The number of imide groups is 1. The lowest BCUT2D eigenvalue weighted by Crippen LogP contribution is -2.27. The molecule has 0 aromatic rings. The minimum Gasteiger partial charge on any atom is -0.272 e. The molecule has 3 nitrogen and oxygen atoms in total. The van der Waals surface area contributed by atoms with Gasteiger partial charge in [-0.25, -0.2) is 0 Å². The standard InChI is InChI=1S/C5H6NO2P/c7-4-1-2-5(8)6(4)3-9/h1-2H,3,9H2. The van der Waals surface area contributed by atoms with Crippen molar-refractivity contribution in [3.63, 3.8) is 0 Å². The van der Waals surface area contributed by atoms with Gasteiger partial charge >= 0.3 is 0 Å². The second-order valence-electron chi connectivity index (χ2n) is 1.62. The van der Waals surface area contributed by atoms with E-state index in [1.807, 2.05) is 0 Å². The maximum Gasteiger partial charge on any atom is 0.253 e. The second-order valence-corrected chi connectivity index (χ2v) is 1.99. The summed E-state index contributed by atoms with van der Waals surface area (Å²) in [6, 6.07) is 0. The zero-order valence-electron chi connectivity index (χ0n) is 4.70. The lowest BCUT2D eigenvalue weighted by atomic mass is 10.6. The molecule has 0 aliphatic carbocycles. The zero-order chi connectivity index (χ0) is 6.85. The van der Waals surface area contributed by atoms with E-state index >= 15 is 0 Å². The number of carbonyl (C=O) groups excluding carboxylic acids is 2. The van der Waals surface area contributed by atoms with Crippen molar-refractivity contribution < 1.29 is 9.59 Å². The first-order valence-electron chi connectivity index (χ1n) is 2.49. The van der Waals surface area contributed by atoms with Crippen LogP contribution in [0.3, 0.4) is 0 Å². The summed E-state index contributed by atoms with van der Waals surface area (Å²) in [4.78, 5) is 22.4. The Bertz CT molecular complexity index is 169. The molecule has 4 heteroatoms. The van der Waals surface area contributed by atoms with E-state index in [9.17, 15) is 9.59 Å². The molecule has 0 spiro atoms. The second kappa shape index (κ2) is 2.28. The van der Waals surface area contributed by atoms with Crippen LogP contribution in [0.5, 0.6) is 0 Å². The van der Waals surface area contributed by atoms with Crippen molar-refractivity contribution in [2.75, 3.05) is 6.29 Å². The molecule has 0 fully saturated rings. The van der Waals surface area contributed by atoms with Gasteiger partial charge in [0.15, 0.2) is 0 Å². The monoisotopic (exact) mass is 143 g/mol. The van der Waals surface area contributed by atoms with Gasteiger partial charge in [-0.2, -0.15) is 0 Å². The van der Waals surface area contributed by atoms with E-state index in [2.05, 4.69) is 9.24 Å². The fourth-order valence-electron chi connectivity index (χ4n) is 0.611. The Balaban J connectivity index is 2.75. The summed E-state index contributed by atoms with van der Waals surface area (Å²) in [5, 5.41) is 0. The summed E-state index contributed by atoms with van der Waals surface area (Å²) < 4.78 is 0. The molecule has 1 aliphatic heterocycles. The molecule has 1 unspecified atom stereocenters. The van der Waals surface area contributed by atoms with E-state index in [0.29, 0.717) is 6.29 Å². The number of amides is 2. The first-order chi connectivity index (χ1) is 4.25. The van der Waals surface area contributed by atoms with E-state index < -0.39 is 0 Å². The smallest absolute Gasteiger partial charge is 0.253 e. The van der Waals surface area contributed by atoms with Crippen LogP contribution in [0.25, 0.3) is 0 Å². The summed E-state index contributed by atoms with van der Waals surface area (Å²) in [5.74, 6) is -0.454. The molecule has 1 atom stereocenters. The molecule has 0 saturated heterocycles. The predicted molar refractivity (Wildman–Crippen MR) is 35.6 cm³/mol. The number of hydrogen-bond acceptors (Lipinski definition) is 2. The van der Waals surface area contributed by atoms with Crippen LogP contribution in [0, 0.1) is 0 Å². The van der Waals surface area contributed by atoms with Crippen molar-refractivity contribution in [3.05, 3.63) is 12.2 Å². The predicted octanol–water partition coefficient (Wildman–Crippen LogP) is -0.256. The van der Waals surface area contributed by atoms with Gasteiger partial charge in [-0.05, 0) is 0 Å². The highest BCUT2D eigenvalue weighted by molar-refractivity contribution is 7.16.